The second-order valence-corrected chi connectivity index (χ2v) is 4.47. The van der Waals surface area contributed by atoms with Gasteiger partial charge in [0.05, 0.1) is 0 Å². The maximum atomic E-state index is 4.21. The molecule has 0 atom stereocenters. The monoisotopic (exact) mass is 218 g/mol. The minimum absolute atomic E-state index is 1.05. The number of nitrogens with zero attached hydrogens (tertiary/aromatic N) is 3. The molecular formula is C13H20N3-. The third kappa shape index (κ3) is 2.97. The Bertz CT molecular complexity index is 330. The minimum atomic E-state index is 1.05. The molecule has 16 heavy (non-hydrogen) atoms. The molecule has 1 saturated heterocycles. The highest BCUT2D eigenvalue weighted by atomic mass is 15.2. The van der Waals surface area contributed by atoms with Crippen LogP contribution in [-0.4, -0.2) is 50.1 Å². The van der Waals surface area contributed by atoms with Crippen molar-refractivity contribution in [2.75, 3.05) is 40.3 Å². The summed E-state index contributed by atoms with van der Waals surface area (Å²) in [7, 11) is 4.03. The van der Waals surface area contributed by atoms with Gasteiger partial charge in [0.1, 0.15) is 0 Å². The highest BCUT2D eigenvalue weighted by molar-refractivity contribution is 5.49. The van der Waals surface area contributed by atoms with Gasteiger partial charge in [-0.2, -0.15) is 0 Å². The first-order valence-electron chi connectivity index (χ1n) is 5.87. The predicted octanol–water partition coefficient (Wildman–Crippen LogP) is 2.07. The van der Waals surface area contributed by atoms with Crippen molar-refractivity contribution >= 4 is 5.69 Å². The van der Waals surface area contributed by atoms with E-state index in [-0.39, 0.29) is 0 Å². The zero-order valence-corrected chi connectivity index (χ0v) is 10.2. The van der Waals surface area contributed by atoms with E-state index in [2.05, 4.69) is 40.4 Å². The molecule has 0 bridgehead atoms. The van der Waals surface area contributed by atoms with E-state index in [1.54, 1.807) is 0 Å². The van der Waals surface area contributed by atoms with E-state index in [9.17, 15) is 0 Å². The number of rotatable bonds is 3. The van der Waals surface area contributed by atoms with Crippen molar-refractivity contribution in [2.24, 2.45) is 0 Å². The third-order valence-electron chi connectivity index (χ3n) is 3.17. The van der Waals surface area contributed by atoms with Crippen LogP contribution in [0.3, 0.4) is 0 Å². The zero-order chi connectivity index (χ0) is 11.4. The van der Waals surface area contributed by atoms with E-state index in [0.717, 1.165) is 12.2 Å². The lowest BCUT2D eigenvalue weighted by Gasteiger charge is -2.32. The summed E-state index contributed by atoms with van der Waals surface area (Å²) in [6, 6.07) is 8.51. The van der Waals surface area contributed by atoms with Gasteiger partial charge in [-0.1, -0.05) is 24.3 Å². The Morgan fingerprint density at radius 2 is 1.94 bits per heavy atom. The standard InChI is InChI=1S/C13H20N3/c1-14-13-5-3-4-12(10-13)11-16-8-6-15(2)7-9-16/h3-5,10H,6-9,11H2,1-2H3/q-1. The molecule has 0 unspecified atom stereocenters. The van der Waals surface area contributed by atoms with Gasteiger partial charge in [-0.25, -0.2) is 0 Å². The number of hydrogen-bond donors (Lipinski definition) is 0. The Labute approximate surface area is 98.0 Å². The first-order chi connectivity index (χ1) is 7.78. The van der Waals surface area contributed by atoms with E-state index in [4.69, 9.17) is 0 Å². The Morgan fingerprint density at radius 1 is 1.19 bits per heavy atom. The average molecular weight is 218 g/mol. The largest absolute Gasteiger partial charge is 0.687 e. The van der Waals surface area contributed by atoms with Crippen LogP contribution in [0.25, 0.3) is 5.32 Å². The molecule has 1 aliphatic heterocycles. The number of piperazine rings is 1. The molecule has 0 N–H and O–H groups in total. The Morgan fingerprint density at radius 3 is 2.62 bits per heavy atom. The fourth-order valence-corrected chi connectivity index (χ4v) is 2.06. The molecule has 0 aromatic heterocycles. The van der Waals surface area contributed by atoms with Crippen LogP contribution in [-0.2, 0) is 6.54 Å². The summed E-state index contributed by atoms with van der Waals surface area (Å²) in [5.74, 6) is 0. The van der Waals surface area contributed by atoms with Crippen LogP contribution in [0.1, 0.15) is 5.56 Å². The second kappa shape index (κ2) is 5.32. The highest BCUT2D eigenvalue weighted by Gasteiger charge is 2.13. The quantitative estimate of drug-likeness (QED) is 0.774. The summed E-state index contributed by atoms with van der Waals surface area (Å²) in [5.41, 5.74) is 2.44. The average Bonchev–Trinajstić information content (AvgIpc) is 2.32. The van der Waals surface area contributed by atoms with Gasteiger partial charge in [0, 0.05) is 32.7 Å². The Balaban J connectivity index is 1.93. The van der Waals surface area contributed by atoms with Gasteiger partial charge in [-0.3, -0.25) is 4.90 Å². The van der Waals surface area contributed by atoms with Gasteiger partial charge >= 0.3 is 0 Å². The molecule has 1 fully saturated rings. The van der Waals surface area contributed by atoms with Crippen LogP contribution in [0.15, 0.2) is 24.3 Å². The molecule has 2 rings (SSSR count). The van der Waals surface area contributed by atoms with E-state index in [1.165, 1.54) is 31.7 Å². The van der Waals surface area contributed by atoms with Gasteiger partial charge in [-0.15, -0.1) is 12.7 Å². The van der Waals surface area contributed by atoms with Gasteiger partial charge in [0.25, 0.3) is 0 Å². The SMILES string of the molecule is C[N-]c1cccc(CN2CCN(C)CC2)c1. The van der Waals surface area contributed by atoms with Crippen molar-refractivity contribution in [3.05, 3.63) is 35.1 Å². The highest BCUT2D eigenvalue weighted by Crippen LogP contribution is 2.18. The van der Waals surface area contributed by atoms with Crippen LogP contribution >= 0.6 is 0 Å². The number of hydrogen-bond acceptors (Lipinski definition) is 2. The van der Waals surface area contributed by atoms with Crippen LogP contribution in [0.2, 0.25) is 0 Å². The lowest BCUT2D eigenvalue weighted by molar-refractivity contribution is 0.148. The predicted molar refractivity (Wildman–Crippen MR) is 68.2 cm³/mol. The summed E-state index contributed by atoms with van der Waals surface area (Å²) in [4.78, 5) is 4.89. The van der Waals surface area contributed by atoms with Crippen molar-refractivity contribution in [3.63, 3.8) is 0 Å². The van der Waals surface area contributed by atoms with Crippen LogP contribution in [0.5, 0.6) is 0 Å². The Hall–Kier alpha value is -1.06. The number of benzene rings is 1. The Kier molecular flexibility index (Phi) is 3.80. The molecule has 3 heteroatoms. The van der Waals surface area contributed by atoms with E-state index in [0.29, 0.717) is 0 Å². The maximum Gasteiger partial charge on any atom is 0.0234 e. The molecule has 1 aromatic rings. The zero-order valence-electron chi connectivity index (χ0n) is 10.2. The smallest absolute Gasteiger partial charge is 0.0234 e. The molecule has 0 saturated carbocycles. The molecule has 0 radical (unpaired) electrons. The van der Waals surface area contributed by atoms with E-state index in [1.807, 2.05) is 13.1 Å². The third-order valence-corrected chi connectivity index (χ3v) is 3.17. The molecule has 3 nitrogen and oxygen atoms in total. The topological polar surface area (TPSA) is 20.6 Å². The van der Waals surface area contributed by atoms with Crippen molar-refractivity contribution in [3.8, 4) is 0 Å². The molecule has 1 heterocycles. The lowest BCUT2D eigenvalue weighted by atomic mass is 10.1. The molecule has 0 aliphatic carbocycles. The molecule has 88 valence electrons. The second-order valence-electron chi connectivity index (χ2n) is 4.47. The maximum absolute atomic E-state index is 4.21. The van der Waals surface area contributed by atoms with Crippen molar-refractivity contribution in [2.45, 2.75) is 6.54 Å². The van der Waals surface area contributed by atoms with Crippen molar-refractivity contribution in [1.29, 1.82) is 0 Å². The summed E-state index contributed by atoms with van der Waals surface area (Å²) < 4.78 is 0. The number of likely N-dealkylation sites (N-methyl/N-ethyl adjacent to an activating group) is 1. The van der Waals surface area contributed by atoms with Crippen molar-refractivity contribution in [1.82, 2.24) is 9.80 Å². The molecule has 1 aromatic carbocycles. The van der Waals surface area contributed by atoms with Gasteiger partial charge < -0.3 is 10.2 Å². The van der Waals surface area contributed by atoms with Gasteiger partial charge in [0.2, 0.25) is 0 Å². The lowest BCUT2D eigenvalue weighted by Crippen LogP contribution is -2.43. The molecule has 0 amide bonds. The van der Waals surface area contributed by atoms with Gasteiger partial charge in [-0.05, 0) is 12.6 Å². The van der Waals surface area contributed by atoms with Crippen molar-refractivity contribution < 1.29 is 0 Å². The first kappa shape index (κ1) is 11.4. The summed E-state index contributed by atoms with van der Waals surface area (Å²) in [6.45, 7) is 5.75. The molecular weight excluding hydrogens is 198 g/mol. The van der Waals surface area contributed by atoms with Crippen LogP contribution in [0.4, 0.5) is 5.69 Å². The summed E-state index contributed by atoms with van der Waals surface area (Å²) in [6.07, 6.45) is 0. The van der Waals surface area contributed by atoms with E-state index >= 15 is 0 Å². The van der Waals surface area contributed by atoms with Gasteiger partial charge in [0.15, 0.2) is 0 Å². The first-order valence-corrected chi connectivity index (χ1v) is 5.87. The fourth-order valence-electron chi connectivity index (χ4n) is 2.06. The summed E-state index contributed by atoms with van der Waals surface area (Å²) >= 11 is 0. The van der Waals surface area contributed by atoms with Crippen LogP contribution < -0.4 is 0 Å². The molecule has 0 spiro atoms. The normalized spacial score (nSPS) is 18.6. The van der Waals surface area contributed by atoms with E-state index < -0.39 is 0 Å². The minimum Gasteiger partial charge on any atom is -0.687 e. The fraction of sp³-hybridized carbons (Fsp3) is 0.538. The van der Waals surface area contributed by atoms with Crippen LogP contribution in [0, 0.1) is 0 Å². The molecule has 1 aliphatic rings. The summed E-state index contributed by atoms with van der Waals surface area (Å²) in [5, 5.41) is 4.21.